The second kappa shape index (κ2) is 7.59. The van der Waals surface area contributed by atoms with Crippen molar-refractivity contribution in [3.63, 3.8) is 0 Å². The Hall–Kier alpha value is -0.140. The average Bonchev–Trinajstić information content (AvgIpc) is 2.39. The molecule has 1 atom stereocenters. The van der Waals surface area contributed by atoms with Crippen LogP contribution in [0.15, 0.2) is 27.1 Å². The zero-order chi connectivity index (χ0) is 13.7. The highest BCUT2D eigenvalue weighted by Gasteiger charge is 2.15. The second-order valence-corrected chi connectivity index (χ2v) is 6.36. The van der Waals surface area contributed by atoms with E-state index in [2.05, 4.69) is 42.1 Å². The number of β-amino-alcohol motifs (C(OH)–C–C–N with tert-alkyl or cyclic N) is 1. The van der Waals surface area contributed by atoms with Crippen molar-refractivity contribution in [2.24, 2.45) is 0 Å². The van der Waals surface area contributed by atoms with E-state index in [1.165, 1.54) is 0 Å². The van der Waals surface area contributed by atoms with Crippen molar-refractivity contribution in [2.45, 2.75) is 6.10 Å². The quantitative estimate of drug-likeness (QED) is 0.801. The van der Waals surface area contributed by atoms with Gasteiger partial charge in [0.05, 0.1) is 4.47 Å². The highest BCUT2D eigenvalue weighted by Crippen LogP contribution is 2.28. The van der Waals surface area contributed by atoms with Crippen molar-refractivity contribution in [3.05, 3.63) is 27.1 Å². The van der Waals surface area contributed by atoms with Gasteiger partial charge in [0.2, 0.25) is 0 Å². The highest BCUT2D eigenvalue weighted by atomic mass is 79.9. The van der Waals surface area contributed by atoms with Crippen LogP contribution in [-0.4, -0.2) is 55.4 Å². The van der Waals surface area contributed by atoms with Gasteiger partial charge >= 0.3 is 0 Å². The lowest BCUT2D eigenvalue weighted by Gasteiger charge is -2.29. The van der Waals surface area contributed by atoms with Crippen LogP contribution in [0.3, 0.4) is 0 Å². The lowest BCUT2D eigenvalue weighted by molar-refractivity contribution is 0.0639. The molecule has 2 rings (SSSR count). The van der Waals surface area contributed by atoms with Crippen LogP contribution in [0.1, 0.15) is 0 Å². The molecule has 1 aromatic rings. The van der Waals surface area contributed by atoms with Crippen molar-refractivity contribution in [1.29, 1.82) is 0 Å². The van der Waals surface area contributed by atoms with Gasteiger partial charge in [-0.1, -0.05) is 15.9 Å². The summed E-state index contributed by atoms with van der Waals surface area (Å²) in [5.74, 6) is 0.752. The summed E-state index contributed by atoms with van der Waals surface area (Å²) in [6, 6.07) is 5.73. The number of nitrogens with one attached hydrogen (secondary N) is 1. The van der Waals surface area contributed by atoms with Gasteiger partial charge in [0.15, 0.2) is 0 Å². The summed E-state index contributed by atoms with van der Waals surface area (Å²) < 4.78 is 7.51. The van der Waals surface area contributed by atoms with Gasteiger partial charge in [-0.25, -0.2) is 0 Å². The molecule has 0 aliphatic carbocycles. The molecule has 19 heavy (non-hydrogen) atoms. The molecule has 1 aliphatic heterocycles. The first-order chi connectivity index (χ1) is 9.15. The first-order valence-electron chi connectivity index (χ1n) is 6.34. The number of hydrogen-bond acceptors (Lipinski definition) is 4. The van der Waals surface area contributed by atoms with Crippen molar-refractivity contribution < 1.29 is 9.84 Å². The summed E-state index contributed by atoms with van der Waals surface area (Å²) in [6.07, 6.45) is -0.464. The van der Waals surface area contributed by atoms with Crippen LogP contribution in [0.25, 0.3) is 0 Å². The fraction of sp³-hybridized carbons (Fsp3) is 0.538. The summed E-state index contributed by atoms with van der Waals surface area (Å²) in [6.45, 7) is 4.93. The van der Waals surface area contributed by atoms with Crippen LogP contribution in [0.5, 0.6) is 5.75 Å². The maximum absolute atomic E-state index is 10.00. The van der Waals surface area contributed by atoms with Gasteiger partial charge in [0.25, 0.3) is 0 Å². The number of halogens is 2. The molecular weight excluding hydrogens is 376 g/mol. The van der Waals surface area contributed by atoms with Gasteiger partial charge in [0, 0.05) is 37.2 Å². The lowest BCUT2D eigenvalue weighted by Crippen LogP contribution is -2.47. The van der Waals surface area contributed by atoms with Crippen LogP contribution >= 0.6 is 31.9 Å². The fourth-order valence-electron chi connectivity index (χ4n) is 2.02. The van der Waals surface area contributed by atoms with E-state index in [0.29, 0.717) is 13.2 Å². The van der Waals surface area contributed by atoms with Crippen LogP contribution in [0.4, 0.5) is 0 Å². The van der Waals surface area contributed by atoms with Gasteiger partial charge in [-0.05, 0) is 34.1 Å². The normalized spacial score (nSPS) is 18.3. The Morgan fingerprint density at radius 3 is 2.74 bits per heavy atom. The molecular formula is C13H18Br2N2O2. The monoisotopic (exact) mass is 392 g/mol. The van der Waals surface area contributed by atoms with E-state index in [1.807, 2.05) is 18.2 Å². The zero-order valence-electron chi connectivity index (χ0n) is 10.6. The van der Waals surface area contributed by atoms with Gasteiger partial charge in [-0.3, -0.25) is 4.90 Å². The Bertz CT molecular complexity index is 412. The second-order valence-electron chi connectivity index (χ2n) is 4.59. The Labute approximate surface area is 130 Å². The molecule has 0 aromatic heterocycles. The third kappa shape index (κ3) is 5.04. The van der Waals surface area contributed by atoms with E-state index in [9.17, 15) is 5.11 Å². The molecule has 0 radical (unpaired) electrons. The van der Waals surface area contributed by atoms with Gasteiger partial charge < -0.3 is 15.2 Å². The topological polar surface area (TPSA) is 44.7 Å². The molecule has 1 fully saturated rings. The summed E-state index contributed by atoms with van der Waals surface area (Å²) in [7, 11) is 0. The summed E-state index contributed by atoms with van der Waals surface area (Å²) >= 11 is 6.83. The Kier molecular flexibility index (Phi) is 6.09. The predicted molar refractivity (Wildman–Crippen MR) is 82.7 cm³/mol. The number of benzene rings is 1. The third-order valence-electron chi connectivity index (χ3n) is 3.00. The Morgan fingerprint density at radius 2 is 2.05 bits per heavy atom. The van der Waals surface area contributed by atoms with Gasteiger partial charge in [0.1, 0.15) is 18.5 Å². The molecule has 4 nitrogen and oxygen atoms in total. The molecule has 0 bridgehead atoms. The number of rotatable bonds is 5. The minimum absolute atomic E-state index is 0.310. The largest absolute Gasteiger partial charge is 0.490 e. The molecule has 0 amide bonds. The van der Waals surface area contributed by atoms with E-state index in [1.54, 1.807) is 0 Å². The Morgan fingerprint density at radius 1 is 1.32 bits per heavy atom. The standard InChI is InChI=1S/C13H18Br2N2O2/c14-10-1-2-13(12(15)7-10)19-9-11(18)8-17-5-3-16-4-6-17/h1-2,7,11,16,18H,3-6,8-9H2. The van der Waals surface area contributed by atoms with Crippen molar-refractivity contribution in [3.8, 4) is 5.75 Å². The van der Waals surface area contributed by atoms with E-state index >= 15 is 0 Å². The zero-order valence-corrected chi connectivity index (χ0v) is 13.8. The number of piperazine rings is 1. The molecule has 0 spiro atoms. The van der Waals surface area contributed by atoms with Crippen molar-refractivity contribution >= 4 is 31.9 Å². The highest BCUT2D eigenvalue weighted by molar-refractivity contribution is 9.11. The maximum atomic E-state index is 10.00. The number of aliphatic hydroxyl groups excluding tert-OH is 1. The molecule has 1 unspecified atom stereocenters. The first-order valence-corrected chi connectivity index (χ1v) is 7.93. The number of ether oxygens (including phenoxy) is 1. The molecule has 1 aromatic carbocycles. The molecule has 2 N–H and O–H groups in total. The number of hydrogen-bond donors (Lipinski definition) is 2. The molecule has 1 aliphatic rings. The van der Waals surface area contributed by atoms with E-state index in [4.69, 9.17) is 4.74 Å². The van der Waals surface area contributed by atoms with Crippen molar-refractivity contribution in [1.82, 2.24) is 10.2 Å². The number of aliphatic hydroxyl groups is 1. The van der Waals surface area contributed by atoms with Crippen LogP contribution in [-0.2, 0) is 0 Å². The predicted octanol–water partition coefficient (Wildman–Crippen LogP) is 1.86. The molecule has 6 heteroatoms. The SMILES string of the molecule is OC(COc1ccc(Br)cc1Br)CN1CCNCC1. The first kappa shape index (κ1) is 15.3. The van der Waals surface area contributed by atoms with Gasteiger partial charge in [-0.15, -0.1) is 0 Å². The van der Waals surface area contributed by atoms with E-state index in [-0.39, 0.29) is 0 Å². The van der Waals surface area contributed by atoms with Crippen LogP contribution < -0.4 is 10.1 Å². The summed E-state index contributed by atoms with van der Waals surface area (Å²) in [5, 5.41) is 13.3. The lowest BCUT2D eigenvalue weighted by atomic mass is 10.3. The maximum Gasteiger partial charge on any atom is 0.133 e. The molecule has 1 saturated heterocycles. The van der Waals surface area contributed by atoms with E-state index in [0.717, 1.165) is 40.9 Å². The average molecular weight is 394 g/mol. The van der Waals surface area contributed by atoms with E-state index < -0.39 is 6.10 Å². The smallest absolute Gasteiger partial charge is 0.133 e. The van der Waals surface area contributed by atoms with Crippen LogP contribution in [0.2, 0.25) is 0 Å². The minimum Gasteiger partial charge on any atom is -0.490 e. The molecule has 0 saturated carbocycles. The number of nitrogens with zero attached hydrogens (tertiary/aromatic N) is 1. The molecule has 1 heterocycles. The summed E-state index contributed by atoms with van der Waals surface area (Å²) in [4.78, 5) is 2.25. The summed E-state index contributed by atoms with van der Waals surface area (Å²) in [5.41, 5.74) is 0. The molecule has 106 valence electrons. The van der Waals surface area contributed by atoms with Crippen LogP contribution in [0, 0.1) is 0 Å². The Balaban J connectivity index is 1.77. The fourth-order valence-corrected chi connectivity index (χ4v) is 3.18. The van der Waals surface area contributed by atoms with Crippen molar-refractivity contribution in [2.75, 3.05) is 39.3 Å². The van der Waals surface area contributed by atoms with Gasteiger partial charge in [-0.2, -0.15) is 0 Å². The minimum atomic E-state index is -0.464. The third-order valence-corrected chi connectivity index (χ3v) is 4.12.